The molecule has 0 bridgehead atoms. The van der Waals surface area contributed by atoms with Crippen molar-refractivity contribution in [2.75, 3.05) is 6.54 Å². The van der Waals surface area contributed by atoms with Crippen molar-refractivity contribution in [3.8, 4) is 12.3 Å². The molecule has 5 heteroatoms. The Morgan fingerprint density at radius 3 is 2.82 bits per heavy atom. The van der Waals surface area contributed by atoms with E-state index >= 15 is 0 Å². The fourth-order valence-corrected chi connectivity index (χ4v) is 1.36. The summed E-state index contributed by atoms with van der Waals surface area (Å²) in [5, 5.41) is 13.2. The predicted octanol–water partition coefficient (Wildman–Crippen LogP) is 1.66. The molecule has 1 aromatic rings. The molecular formula is C12H12N2O3. The van der Waals surface area contributed by atoms with Crippen LogP contribution in [0.3, 0.4) is 0 Å². The highest BCUT2D eigenvalue weighted by Gasteiger charge is 2.12. The van der Waals surface area contributed by atoms with Gasteiger partial charge < -0.3 is 5.32 Å². The van der Waals surface area contributed by atoms with Crippen LogP contribution in [0.2, 0.25) is 0 Å². The Labute approximate surface area is 99.0 Å². The molecule has 0 aromatic heterocycles. The zero-order valence-electron chi connectivity index (χ0n) is 9.40. The molecule has 1 aromatic carbocycles. The number of nitrogens with zero attached hydrogens (tertiary/aromatic N) is 1. The minimum atomic E-state index is -0.493. The van der Waals surface area contributed by atoms with Gasteiger partial charge in [0.05, 0.1) is 4.92 Å². The highest BCUT2D eigenvalue weighted by Crippen LogP contribution is 2.16. The lowest BCUT2D eigenvalue weighted by Crippen LogP contribution is -2.24. The van der Waals surface area contributed by atoms with Gasteiger partial charge in [0.15, 0.2) is 0 Å². The summed E-state index contributed by atoms with van der Waals surface area (Å²) in [5.41, 5.74) is 0.965. The monoisotopic (exact) mass is 232 g/mol. The summed E-state index contributed by atoms with van der Waals surface area (Å²) in [4.78, 5) is 21.7. The van der Waals surface area contributed by atoms with E-state index in [4.69, 9.17) is 6.42 Å². The normalized spacial score (nSPS) is 9.41. The molecule has 0 saturated heterocycles. The summed E-state index contributed by atoms with van der Waals surface area (Å²) in [7, 11) is 0. The summed E-state index contributed by atoms with van der Waals surface area (Å²) < 4.78 is 0. The third-order valence-corrected chi connectivity index (χ3v) is 2.22. The van der Waals surface area contributed by atoms with Crippen LogP contribution in [0.25, 0.3) is 0 Å². The summed E-state index contributed by atoms with van der Waals surface area (Å²) in [6, 6.07) is 4.12. The van der Waals surface area contributed by atoms with Crippen LogP contribution in [-0.4, -0.2) is 17.4 Å². The maximum absolute atomic E-state index is 11.7. The molecule has 0 unspecified atom stereocenters. The number of nitro groups is 1. The van der Waals surface area contributed by atoms with Crippen molar-refractivity contribution in [3.63, 3.8) is 0 Å². The van der Waals surface area contributed by atoms with Gasteiger partial charge in [-0.15, -0.1) is 12.3 Å². The summed E-state index contributed by atoms with van der Waals surface area (Å²) in [6.45, 7) is 2.05. The lowest BCUT2D eigenvalue weighted by Gasteiger charge is -2.05. The minimum Gasteiger partial charge on any atom is -0.351 e. The second kappa shape index (κ2) is 5.66. The molecule has 1 N–H and O–H groups in total. The summed E-state index contributed by atoms with van der Waals surface area (Å²) in [6.07, 6.45) is 5.52. The van der Waals surface area contributed by atoms with Gasteiger partial charge in [0.1, 0.15) is 0 Å². The average molecular weight is 232 g/mol. The van der Waals surface area contributed by atoms with Crippen LogP contribution in [0, 0.1) is 29.4 Å². The van der Waals surface area contributed by atoms with Crippen molar-refractivity contribution >= 4 is 11.6 Å². The second-order valence-corrected chi connectivity index (χ2v) is 3.47. The van der Waals surface area contributed by atoms with Crippen molar-refractivity contribution in [3.05, 3.63) is 39.4 Å². The number of nitro benzene ring substituents is 1. The van der Waals surface area contributed by atoms with Gasteiger partial charge in [-0.2, -0.15) is 0 Å². The maximum atomic E-state index is 11.7. The molecule has 17 heavy (non-hydrogen) atoms. The molecule has 88 valence electrons. The van der Waals surface area contributed by atoms with Crippen molar-refractivity contribution < 1.29 is 9.72 Å². The van der Waals surface area contributed by atoms with E-state index in [2.05, 4.69) is 11.2 Å². The van der Waals surface area contributed by atoms with Gasteiger partial charge in [0.2, 0.25) is 0 Å². The zero-order chi connectivity index (χ0) is 12.8. The number of aryl methyl sites for hydroxylation is 1. The van der Waals surface area contributed by atoms with E-state index in [0.29, 0.717) is 24.1 Å². The first-order chi connectivity index (χ1) is 8.06. The molecule has 1 amide bonds. The van der Waals surface area contributed by atoms with E-state index in [0.717, 1.165) is 0 Å². The van der Waals surface area contributed by atoms with E-state index in [1.165, 1.54) is 18.2 Å². The first-order valence-electron chi connectivity index (χ1n) is 5.03. The first-order valence-corrected chi connectivity index (χ1v) is 5.03. The third kappa shape index (κ3) is 3.31. The first kappa shape index (κ1) is 12.7. The van der Waals surface area contributed by atoms with Gasteiger partial charge in [-0.3, -0.25) is 14.9 Å². The molecule has 5 nitrogen and oxygen atoms in total. The Morgan fingerprint density at radius 1 is 1.59 bits per heavy atom. The number of nitrogens with one attached hydrogen (secondary N) is 1. The number of benzene rings is 1. The molecule has 0 aliphatic heterocycles. The molecule has 0 radical (unpaired) electrons. The SMILES string of the molecule is C#CCCNC(=O)c1ccc([N+](=O)[O-])cc1C. The quantitative estimate of drug-likeness (QED) is 0.371. The summed E-state index contributed by atoms with van der Waals surface area (Å²) in [5.74, 6) is 2.14. The van der Waals surface area contributed by atoms with Gasteiger partial charge in [-0.05, 0) is 18.6 Å². The number of amides is 1. The predicted molar refractivity (Wildman–Crippen MR) is 63.6 cm³/mol. The topological polar surface area (TPSA) is 72.2 Å². The number of non-ortho nitro benzene ring substituents is 1. The molecular weight excluding hydrogens is 220 g/mol. The molecule has 1 rings (SSSR count). The zero-order valence-corrected chi connectivity index (χ0v) is 9.40. The van der Waals surface area contributed by atoms with Crippen molar-refractivity contribution in [2.45, 2.75) is 13.3 Å². The van der Waals surface area contributed by atoms with Gasteiger partial charge in [0.25, 0.3) is 11.6 Å². The lowest BCUT2D eigenvalue weighted by atomic mass is 10.1. The van der Waals surface area contributed by atoms with Crippen LogP contribution < -0.4 is 5.32 Å². The Bertz CT molecular complexity index is 489. The number of terminal acetylenes is 1. The molecule has 0 fully saturated rings. The van der Waals surface area contributed by atoms with E-state index in [1.807, 2.05) is 0 Å². The van der Waals surface area contributed by atoms with Crippen LogP contribution in [0.5, 0.6) is 0 Å². The number of hydrogen-bond donors (Lipinski definition) is 1. The Morgan fingerprint density at radius 2 is 2.29 bits per heavy atom. The van der Waals surface area contributed by atoms with E-state index in [9.17, 15) is 14.9 Å². The molecule has 0 heterocycles. The van der Waals surface area contributed by atoms with Crippen LogP contribution in [0.1, 0.15) is 22.3 Å². The van der Waals surface area contributed by atoms with E-state index in [-0.39, 0.29) is 11.6 Å². The largest absolute Gasteiger partial charge is 0.351 e. The Kier molecular flexibility index (Phi) is 4.23. The van der Waals surface area contributed by atoms with E-state index < -0.39 is 4.92 Å². The minimum absolute atomic E-state index is 0.0253. The van der Waals surface area contributed by atoms with Crippen LogP contribution in [0.4, 0.5) is 5.69 Å². The molecule has 0 saturated carbocycles. The standard InChI is InChI=1S/C12H12N2O3/c1-3-4-7-13-12(15)11-6-5-10(14(16)17)8-9(11)2/h1,5-6,8H,4,7H2,2H3,(H,13,15). The number of rotatable bonds is 4. The highest BCUT2D eigenvalue weighted by molar-refractivity contribution is 5.95. The van der Waals surface area contributed by atoms with Crippen molar-refractivity contribution in [1.29, 1.82) is 0 Å². The highest BCUT2D eigenvalue weighted by atomic mass is 16.6. The average Bonchev–Trinajstić information content (AvgIpc) is 2.28. The molecule has 0 aliphatic carbocycles. The number of carbonyl (C=O) groups excluding carboxylic acids is 1. The van der Waals surface area contributed by atoms with Gasteiger partial charge in [0, 0.05) is 30.7 Å². The molecule has 0 atom stereocenters. The second-order valence-electron chi connectivity index (χ2n) is 3.47. The Hall–Kier alpha value is -2.35. The van der Waals surface area contributed by atoms with Crippen LogP contribution in [0.15, 0.2) is 18.2 Å². The fourth-order valence-electron chi connectivity index (χ4n) is 1.36. The van der Waals surface area contributed by atoms with Crippen molar-refractivity contribution in [1.82, 2.24) is 5.32 Å². The fraction of sp³-hybridized carbons (Fsp3) is 0.250. The lowest BCUT2D eigenvalue weighted by molar-refractivity contribution is -0.384. The maximum Gasteiger partial charge on any atom is 0.269 e. The van der Waals surface area contributed by atoms with Gasteiger partial charge in [-0.1, -0.05) is 0 Å². The Balaban J connectivity index is 2.82. The van der Waals surface area contributed by atoms with Crippen LogP contribution in [-0.2, 0) is 0 Å². The summed E-state index contributed by atoms with van der Waals surface area (Å²) >= 11 is 0. The van der Waals surface area contributed by atoms with Gasteiger partial charge in [-0.25, -0.2) is 0 Å². The van der Waals surface area contributed by atoms with E-state index in [1.54, 1.807) is 6.92 Å². The van der Waals surface area contributed by atoms with Crippen LogP contribution >= 0.6 is 0 Å². The third-order valence-electron chi connectivity index (χ3n) is 2.22. The molecule has 0 spiro atoms. The van der Waals surface area contributed by atoms with Crippen molar-refractivity contribution in [2.24, 2.45) is 0 Å². The molecule has 0 aliphatic rings. The smallest absolute Gasteiger partial charge is 0.269 e. The van der Waals surface area contributed by atoms with Gasteiger partial charge >= 0.3 is 0 Å². The number of hydrogen-bond acceptors (Lipinski definition) is 3. The number of carbonyl (C=O) groups is 1.